The third kappa shape index (κ3) is 19.4. The van der Waals surface area contributed by atoms with Crippen molar-refractivity contribution in [3.63, 3.8) is 0 Å². The normalized spacial score (nSPS) is 12.6. The Hall–Kier alpha value is -0.790. The Labute approximate surface area is 157 Å². The number of hydrogen-bond acceptors (Lipinski definition) is 2. The molecule has 0 unspecified atom stereocenters. The predicted molar refractivity (Wildman–Crippen MR) is 110 cm³/mol. The van der Waals surface area contributed by atoms with E-state index in [1.807, 2.05) is 0 Å². The summed E-state index contributed by atoms with van der Waals surface area (Å²) in [5.74, 6) is 0.330. The van der Waals surface area contributed by atoms with Gasteiger partial charge in [-0.3, -0.25) is 4.79 Å². The Morgan fingerprint density at radius 1 is 0.800 bits per heavy atom. The quantitative estimate of drug-likeness (QED) is 0.144. The first-order valence-electron chi connectivity index (χ1n) is 10.9. The van der Waals surface area contributed by atoms with Crippen LogP contribution in [-0.4, -0.2) is 13.1 Å². The predicted octanol–water partition coefficient (Wildman–Crippen LogP) is 7.61. The average molecular weight is 353 g/mol. The van der Waals surface area contributed by atoms with Crippen LogP contribution in [0.5, 0.6) is 0 Å². The zero-order valence-corrected chi connectivity index (χ0v) is 17.4. The summed E-state index contributed by atoms with van der Waals surface area (Å²) >= 11 is 0. The molecule has 0 aromatic carbocycles. The van der Waals surface area contributed by atoms with Gasteiger partial charge < -0.3 is 4.74 Å². The van der Waals surface area contributed by atoms with Crippen molar-refractivity contribution in [2.45, 2.75) is 117 Å². The molecule has 0 aliphatic rings. The Kier molecular flexibility index (Phi) is 18.9. The van der Waals surface area contributed by atoms with Gasteiger partial charge in [0.2, 0.25) is 0 Å². The Morgan fingerprint density at radius 3 is 1.80 bits per heavy atom. The molecule has 0 bridgehead atoms. The van der Waals surface area contributed by atoms with Crippen molar-refractivity contribution in [1.82, 2.24) is 0 Å². The number of carbonyl (C=O) groups excluding carboxylic acids is 1. The highest BCUT2D eigenvalue weighted by molar-refractivity contribution is 5.69. The summed E-state index contributed by atoms with van der Waals surface area (Å²) in [6.45, 7) is 4.40. The molecule has 0 aromatic heterocycles. The Bertz CT molecular complexity index is 309. The molecule has 1 atom stereocenters. The monoisotopic (exact) mass is 352 g/mol. The molecule has 2 heteroatoms. The van der Waals surface area contributed by atoms with Gasteiger partial charge in [-0.05, 0) is 31.6 Å². The number of esters is 1. The van der Waals surface area contributed by atoms with Crippen molar-refractivity contribution in [3.8, 4) is 0 Å². The number of carbonyl (C=O) groups is 1. The van der Waals surface area contributed by atoms with E-state index in [0.29, 0.717) is 12.3 Å². The van der Waals surface area contributed by atoms with Crippen LogP contribution in [0.2, 0.25) is 0 Å². The molecule has 0 radical (unpaired) electrons. The average Bonchev–Trinajstić information content (AvgIpc) is 2.61. The SMILES string of the molecule is CCCCCCCCCCCCCCC=CCC[C@@H](C)CC(=O)OC. The fourth-order valence-electron chi connectivity index (χ4n) is 3.19. The van der Waals surface area contributed by atoms with Crippen LogP contribution in [0.1, 0.15) is 117 Å². The highest BCUT2D eigenvalue weighted by Gasteiger charge is 2.07. The maximum atomic E-state index is 11.2. The Morgan fingerprint density at radius 2 is 1.28 bits per heavy atom. The van der Waals surface area contributed by atoms with Crippen LogP contribution in [0.4, 0.5) is 0 Å². The Balaban J connectivity index is 3.21. The highest BCUT2D eigenvalue weighted by Crippen LogP contribution is 2.14. The van der Waals surface area contributed by atoms with E-state index in [9.17, 15) is 4.79 Å². The van der Waals surface area contributed by atoms with Gasteiger partial charge in [0.25, 0.3) is 0 Å². The lowest BCUT2D eigenvalue weighted by atomic mass is 10.0. The lowest BCUT2D eigenvalue weighted by molar-refractivity contribution is -0.141. The molecule has 0 fully saturated rings. The van der Waals surface area contributed by atoms with Gasteiger partial charge >= 0.3 is 5.97 Å². The molecule has 0 heterocycles. The summed E-state index contributed by atoms with van der Waals surface area (Å²) in [7, 11) is 1.46. The van der Waals surface area contributed by atoms with Crippen LogP contribution in [0.25, 0.3) is 0 Å². The van der Waals surface area contributed by atoms with Crippen molar-refractivity contribution >= 4 is 5.97 Å². The van der Waals surface area contributed by atoms with Crippen molar-refractivity contribution in [3.05, 3.63) is 12.2 Å². The number of methoxy groups -OCH3 is 1. The first-order chi connectivity index (χ1) is 12.2. The smallest absolute Gasteiger partial charge is 0.305 e. The van der Waals surface area contributed by atoms with E-state index >= 15 is 0 Å². The van der Waals surface area contributed by atoms with Crippen molar-refractivity contribution < 1.29 is 9.53 Å². The van der Waals surface area contributed by atoms with Gasteiger partial charge in [-0.1, -0.05) is 96.6 Å². The fourth-order valence-corrected chi connectivity index (χ4v) is 3.19. The van der Waals surface area contributed by atoms with E-state index in [4.69, 9.17) is 4.74 Å². The minimum absolute atomic E-state index is 0.0898. The molecule has 25 heavy (non-hydrogen) atoms. The summed E-state index contributed by atoms with van der Waals surface area (Å²) < 4.78 is 4.70. The van der Waals surface area contributed by atoms with Gasteiger partial charge in [-0.25, -0.2) is 0 Å². The molecule has 0 spiro atoms. The minimum Gasteiger partial charge on any atom is -0.469 e. The van der Waals surface area contributed by atoms with Gasteiger partial charge in [-0.2, -0.15) is 0 Å². The molecule has 0 aliphatic carbocycles. The minimum atomic E-state index is -0.0898. The summed E-state index contributed by atoms with van der Waals surface area (Å²) in [4.78, 5) is 11.2. The van der Waals surface area contributed by atoms with Crippen LogP contribution < -0.4 is 0 Å². The van der Waals surface area contributed by atoms with E-state index < -0.39 is 0 Å². The molecule has 0 aliphatic heterocycles. The van der Waals surface area contributed by atoms with Crippen LogP contribution in [0, 0.1) is 5.92 Å². The molecule has 148 valence electrons. The topological polar surface area (TPSA) is 26.3 Å². The van der Waals surface area contributed by atoms with Gasteiger partial charge in [0.1, 0.15) is 0 Å². The highest BCUT2D eigenvalue weighted by atomic mass is 16.5. The van der Waals surface area contributed by atoms with E-state index in [1.165, 1.54) is 90.6 Å². The maximum Gasteiger partial charge on any atom is 0.305 e. The molecule has 2 nitrogen and oxygen atoms in total. The molecule has 0 N–H and O–H groups in total. The first kappa shape index (κ1) is 24.2. The molecule has 0 saturated carbocycles. The van der Waals surface area contributed by atoms with E-state index in [-0.39, 0.29) is 5.97 Å². The summed E-state index contributed by atoms with van der Waals surface area (Å²) in [6.07, 6.45) is 25.5. The van der Waals surface area contributed by atoms with E-state index in [1.54, 1.807) is 0 Å². The van der Waals surface area contributed by atoms with Crippen LogP contribution in [-0.2, 0) is 9.53 Å². The third-order valence-electron chi connectivity index (χ3n) is 4.96. The van der Waals surface area contributed by atoms with E-state index in [2.05, 4.69) is 26.0 Å². The second-order valence-electron chi connectivity index (χ2n) is 7.61. The van der Waals surface area contributed by atoms with Crippen LogP contribution >= 0.6 is 0 Å². The molecular weight excluding hydrogens is 308 g/mol. The summed E-state index contributed by atoms with van der Waals surface area (Å²) in [6, 6.07) is 0. The second-order valence-corrected chi connectivity index (χ2v) is 7.61. The second kappa shape index (κ2) is 19.5. The molecular formula is C23H44O2. The standard InChI is InChI=1S/C23H44O2/c1-4-5-6-7-8-9-10-11-12-13-14-15-16-17-18-19-20-22(2)21-23(24)25-3/h17-18,22H,4-16,19-21H2,1-3H3/t22-/m1/s1. The number of rotatable bonds is 18. The van der Waals surface area contributed by atoms with Crippen molar-refractivity contribution in [2.75, 3.05) is 7.11 Å². The van der Waals surface area contributed by atoms with E-state index in [0.717, 1.165) is 12.8 Å². The van der Waals surface area contributed by atoms with Gasteiger partial charge in [-0.15, -0.1) is 0 Å². The lowest BCUT2D eigenvalue weighted by Gasteiger charge is -2.07. The number of hydrogen-bond donors (Lipinski definition) is 0. The molecule has 0 saturated heterocycles. The molecule has 0 aromatic rings. The zero-order chi connectivity index (χ0) is 18.6. The fraction of sp³-hybridized carbons (Fsp3) is 0.870. The van der Waals surface area contributed by atoms with Crippen LogP contribution in [0.3, 0.4) is 0 Å². The molecule has 0 amide bonds. The first-order valence-corrected chi connectivity index (χ1v) is 10.9. The summed E-state index contributed by atoms with van der Waals surface area (Å²) in [5.41, 5.74) is 0. The van der Waals surface area contributed by atoms with Crippen molar-refractivity contribution in [1.29, 1.82) is 0 Å². The maximum absolute atomic E-state index is 11.2. The van der Waals surface area contributed by atoms with Gasteiger partial charge in [0.15, 0.2) is 0 Å². The molecule has 0 rings (SSSR count). The van der Waals surface area contributed by atoms with Gasteiger partial charge in [0, 0.05) is 6.42 Å². The summed E-state index contributed by atoms with van der Waals surface area (Å²) in [5, 5.41) is 0. The van der Waals surface area contributed by atoms with Crippen molar-refractivity contribution in [2.24, 2.45) is 5.92 Å². The number of allylic oxidation sites excluding steroid dienone is 2. The zero-order valence-electron chi connectivity index (χ0n) is 17.4. The lowest BCUT2D eigenvalue weighted by Crippen LogP contribution is -2.06. The number of ether oxygens (including phenoxy) is 1. The third-order valence-corrected chi connectivity index (χ3v) is 4.96. The van der Waals surface area contributed by atoms with Crippen LogP contribution in [0.15, 0.2) is 12.2 Å². The largest absolute Gasteiger partial charge is 0.469 e. The van der Waals surface area contributed by atoms with Gasteiger partial charge in [0.05, 0.1) is 7.11 Å². The number of unbranched alkanes of at least 4 members (excludes halogenated alkanes) is 12.